The number of carbonyl (C=O) groups is 1. The minimum absolute atomic E-state index is 0.100. The Morgan fingerprint density at radius 1 is 1.00 bits per heavy atom. The van der Waals surface area contributed by atoms with Gasteiger partial charge in [-0.05, 0) is 50.4 Å². The van der Waals surface area contributed by atoms with Crippen LogP contribution in [0.1, 0.15) is 57.8 Å². The van der Waals surface area contributed by atoms with E-state index in [4.69, 9.17) is 4.74 Å². The first-order valence-corrected chi connectivity index (χ1v) is 6.43. The van der Waals surface area contributed by atoms with Crippen LogP contribution in [0.3, 0.4) is 0 Å². The monoisotopic (exact) mass is 208 g/mol. The van der Waals surface area contributed by atoms with E-state index in [1.807, 2.05) is 0 Å². The van der Waals surface area contributed by atoms with Gasteiger partial charge in [-0.25, -0.2) is 0 Å². The molecule has 3 aliphatic rings. The number of carbonyl (C=O) groups excluding carboxylic acids is 1. The Kier molecular flexibility index (Phi) is 2.17. The number of hydrogen-bond acceptors (Lipinski definition) is 2. The third-order valence-electron chi connectivity index (χ3n) is 5.13. The van der Waals surface area contributed by atoms with Crippen LogP contribution in [-0.2, 0) is 9.53 Å². The van der Waals surface area contributed by atoms with Crippen molar-refractivity contribution in [3.63, 3.8) is 0 Å². The molecule has 3 rings (SSSR count). The normalized spacial score (nSPS) is 43.1. The molecule has 1 saturated heterocycles. The van der Waals surface area contributed by atoms with E-state index < -0.39 is 0 Å². The Labute approximate surface area is 91.4 Å². The first-order chi connectivity index (χ1) is 7.30. The molecule has 0 amide bonds. The fourth-order valence-electron chi connectivity index (χ4n) is 4.18. The van der Waals surface area contributed by atoms with Crippen LogP contribution in [0.5, 0.6) is 0 Å². The molecule has 3 fully saturated rings. The van der Waals surface area contributed by atoms with Crippen LogP contribution in [-0.4, -0.2) is 18.0 Å². The Hall–Kier alpha value is -0.370. The van der Waals surface area contributed by atoms with Gasteiger partial charge in [0.15, 0.2) is 0 Å². The van der Waals surface area contributed by atoms with E-state index in [1.165, 1.54) is 51.4 Å². The van der Waals surface area contributed by atoms with Gasteiger partial charge in [-0.1, -0.05) is 12.8 Å². The molecule has 15 heavy (non-hydrogen) atoms. The summed E-state index contributed by atoms with van der Waals surface area (Å²) < 4.78 is 6.13. The van der Waals surface area contributed by atoms with Gasteiger partial charge in [0.25, 0.3) is 0 Å². The SMILES string of the molecule is O=CC1CCCC2(CCC23CCCC3)O1. The van der Waals surface area contributed by atoms with Crippen molar-refractivity contribution in [1.29, 1.82) is 0 Å². The van der Waals surface area contributed by atoms with Crippen LogP contribution in [0.4, 0.5) is 0 Å². The van der Waals surface area contributed by atoms with Crippen molar-refractivity contribution < 1.29 is 9.53 Å². The summed E-state index contributed by atoms with van der Waals surface area (Å²) in [5.41, 5.74) is 0.599. The maximum Gasteiger partial charge on any atom is 0.148 e. The van der Waals surface area contributed by atoms with Crippen LogP contribution in [0.15, 0.2) is 0 Å². The lowest BCUT2D eigenvalue weighted by molar-refractivity contribution is -0.242. The van der Waals surface area contributed by atoms with Gasteiger partial charge in [-0.3, -0.25) is 0 Å². The summed E-state index contributed by atoms with van der Waals surface area (Å²) >= 11 is 0. The average molecular weight is 208 g/mol. The van der Waals surface area contributed by atoms with Gasteiger partial charge >= 0.3 is 0 Å². The lowest BCUT2D eigenvalue weighted by Crippen LogP contribution is -2.60. The number of fused-ring (bicyclic) bond motifs is 1. The Morgan fingerprint density at radius 3 is 2.40 bits per heavy atom. The number of hydrogen-bond donors (Lipinski definition) is 0. The standard InChI is InChI=1S/C13H20O2/c14-10-11-4-3-7-13(15-11)9-8-12(13)5-1-2-6-12/h10-11H,1-9H2. The first-order valence-electron chi connectivity index (χ1n) is 6.43. The number of ether oxygens (including phenoxy) is 1. The van der Waals surface area contributed by atoms with Gasteiger partial charge in [-0.2, -0.15) is 0 Å². The maximum absolute atomic E-state index is 10.9. The molecule has 2 saturated carbocycles. The van der Waals surface area contributed by atoms with E-state index in [0.717, 1.165) is 12.7 Å². The average Bonchev–Trinajstić information content (AvgIpc) is 2.79. The van der Waals surface area contributed by atoms with E-state index in [9.17, 15) is 4.79 Å². The third-order valence-corrected chi connectivity index (χ3v) is 5.13. The van der Waals surface area contributed by atoms with Crippen LogP contribution < -0.4 is 0 Å². The molecule has 2 heteroatoms. The van der Waals surface area contributed by atoms with Gasteiger partial charge < -0.3 is 9.53 Å². The molecular formula is C13H20O2. The highest BCUT2D eigenvalue weighted by atomic mass is 16.5. The number of rotatable bonds is 1. The van der Waals surface area contributed by atoms with Crippen molar-refractivity contribution in [2.24, 2.45) is 5.41 Å². The minimum Gasteiger partial charge on any atom is -0.364 e. The van der Waals surface area contributed by atoms with Gasteiger partial charge in [0.05, 0.1) is 5.60 Å². The molecule has 0 aromatic carbocycles. The zero-order valence-electron chi connectivity index (χ0n) is 9.34. The van der Waals surface area contributed by atoms with Gasteiger partial charge in [0.1, 0.15) is 12.4 Å². The van der Waals surface area contributed by atoms with E-state index in [0.29, 0.717) is 5.41 Å². The van der Waals surface area contributed by atoms with E-state index >= 15 is 0 Å². The summed E-state index contributed by atoms with van der Waals surface area (Å²) in [4.78, 5) is 10.9. The van der Waals surface area contributed by atoms with Crippen molar-refractivity contribution in [3.05, 3.63) is 0 Å². The molecule has 2 spiro atoms. The summed E-state index contributed by atoms with van der Waals surface area (Å²) in [6.45, 7) is 0. The largest absolute Gasteiger partial charge is 0.364 e. The molecule has 2 nitrogen and oxygen atoms in total. The van der Waals surface area contributed by atoms with Crippen molar-refractivity contribution >= 4 is 6.29 Å². The molecule has 2 aliphatic carbocycles. The van der Waals surface area contributed by atoms with E-state index in [2.05, 4.69) is 0 Å². The summed E-state index contributed by atoms with van der Waals surface area (Å²) in [6.07, 6.45) is 12.2. The first kappa shape index (κ1) is 9.83. The summed E-state index contributed by atoms with van der Waals surface area (Å²) in [6, 6.07) is 0. The van der Waals surface area contributed by atoms with Crippen molar-refractivity contribution in [1.82, 2.24) is 0 Å². The Balaban J connectivity index is 1.81. The maximum atomic E-state index is 10.9. The summed E-state index contributed by atoms with van der Waals surface area (Å²) in [7, 11) is 0. The topological polar surface area (TPSA) is 26.3 Å². The lowest BCUT2D eigenvalue weighted by Gasteiger charge is -2.60. The highest BCUT2D eigenvalue weighted by Gasteiger charge is 2.61. The van der Waals surface area contributed by atoms with Crippen LogP contribution >= 0.6 is 0 Å². The molecular weight excluding hydrogens is 188 g/mol. The Bertz CT molecular complexity index is 268. The van der Waals surface area contributed by atoms with Crippen LogP contribution in [0.2, 0.25) is 0 Å². The Morgan fingerprint density at radius 2 is 1.80 bits per heavy atom. The molecule has 84 valence electrons. The molecule has 0 aromatic heterocycles. The zero-order valence-corrected chi connectivity index (χ0v) is 9.34. The molecule has 2 atom stereocenters. The van der Waals surface area contributed by atoms with Gasteiger partial charge in [0.2, 0.25) is 0 Å². The molecule has 0 aromatic rings. The quantitative estimate of drug-likeness (QED) is 0.619. The van der Waals surface area contributed by atoms with Gasteiger partial charge in [-0.15, -0.1) is 0 Å². The highest BCUT2D eigenvalue weighted by molar-refractivity contribution is 5.56. The fraction of sp³-hybridized carbons (Fsp3) is 0.923. The van der Waals surface area contributed by atoms with Crippen molar-refractivity contribution in [2.75, 3.05) is 0 Å². The summed E-state index contributed by atoms with van der Waals surface area (Å²) in [5.74, 6) is 0. The molecule has 1 aliphatic heterocycles. The minimum atomic E-state index is -0.100. The smallest absolute Gasteiger partial charge is 0.148 e. The fourth-order valence-corrected chi connectivity index (χ4v) is 4.18. The van der Waals surface area contributed by atoms with Crippen LogP contribution in [0, 0.1) is 5.41 Å². The predicted molar refractivity (Wildman–Crippen MR) is 57.7 cm³/mol. The van der Waals surface area contributed by atoms with E-state index in [1.54, 1.807) is 0 Å². The highest BCUT2D eigenvalue weighted by Crippen LogP contribution is 2.64. The van der Waals surface area contributed by atoms with Gasteiger partial charge in [0, 0.05) is 0 Å². The number of aldehydes is 1. The van der Waals surface area contributed by atoms with Crippen LogP contribution in [0.25, 0.3) is 0 Å². The second-order valence-electron chi connectivity index (χ2n) is 5.67. The predicted octanol–water partition coefficient (Wildman–Crippen LogP) is 2.85. The molecule has 0 N–H and O–H groups in total. The molecule has 0 radical (unpaired) electrons. The summed E-state index contributed by atoms with van der Waals surface area (Å²) in [5, 5.41) is 0. The molecule has 0 bridgehead atoms. The van der Waals surface area contributed by atoms with Crippen molar-refractivity contribution in [3.8, 4) is 0 Å². The molecule has 2 unspecified atom stereocenters. The van der Waals surface area contributed by atoms with E-state index in [-0.39, 0.29) is 11.7 Å². The van der Waals surface area contributed by atoms with Crippen molar-refractivity contribution in [2.45, 2.75) is 69.5 Å². The molecule has 1 heterocycles. The second kappa shape index (κ2) is 3.31. The lowest BCUT2D eigenvalue weighted by atomic mass is 9.53. The third kappa shape index (κ3) is 1.24. The zero-order chi connectivity index (χ0) is 10.4. The second-order valence-corrected chi connectivity index (χ2v) is 5.67.